The second kappa shape index (κ2) is 7.23. The molecule has 0 saturated heterocycles. The molecule has 122 valence electrons. The molecule has 4 nitrogen and oxygen atoms in total. The van der Waals surface area contributed by atoms with E-state index in [-0.39, 0.29) is 5.56 Å². The molecule has 0 N–H and O–H groups in total. The predicted octanol–water partition coefficient (Wildman–Crippen LogP) is 3.02. The molecule has 4 heteroatoms. The van der Waals surface area contributed by atoms with Crippen molar-refractivity contribution in [3.05, 3.63) is 88.6 Å². The minimum atomic E-state index is 0.00539. The molecule has 0 aliphatic heterocycles. The maximum atomic E-state index is 12.2. The first kappa shape index (κ1) is 16.1. The summed E-state index contributed by atoms with van der Waals surface area (Å²) in [5.74, 6) is 0. The number of aromatic nitrogens is 2. The second-order valence-electron chi connectivity index (χ2n) is 6.18. The summed E-state index contributed by atoms with van der Waals surface area (Å²) >= 11 is 0. The zero-order chi connectivity index (χ0) is 16.9. The van der Waals surface area contributed by atoms with Crippen LogP contribution in [0.1, 0.15) is 11.1 Å². The Balaban J connectivity index is 1.89. The van der Waals surface area contributed by atoms with Crippen molar-refractivity contribution in [2.45, 2.75) is 13.1 Å². The van der Waals surface area contributed by atoms with Gasteiger partial charge < -0.3 is 9.47 Å². The third-order valence-corrected chi connectivity index (χ3v) is 3.84. The van der Waals surface area contributed by atoms with Crippen LogP contribution in [0.2, 0.25) is 0 Å². The fourth-order valence-corrected chi connectivity index (χ4v) is 2.76. The average molecular weight is 319 g/mol. The van der Waals surface area contributed by atoms with Crippen molar-refractivity contribution in [3.63, 3.8) is 0 Å². The highest BCUT2D eigenvalue weighted by molar-refractivity contribution is 5.61. The van der Waals surface area contributed by atoms with Crippen molar-refractivity contribution < 1.29 is 0 Å². The van der Waals surface area contributed by atoms with Gasteiger partial charge >= 0.3 is 0 Å². The van der Waals surface area contributed by atoms with Gasteiger partial charge in [-0.25, -0.2) is 0 Å². The summed E-state index contributed by atoms with van der Waals surface area (Å²) in [5, 5.41) is 0. The lowest BCUT2D eigenvalue weighted by atomic mass is 10.1. The Morgan fingerprint density at radius 2 is 1.71 bits per heavy atom. The van der Waals surface area contributed by atoms with Crippen molar-refractivity contribution in [2.75, 3.05) is 14.1 Å². The average Bonchev–Trinajstić information content (AvgIpc) is 2.57. The van der Waals surface area contributed by atoms with Crippen LogP contribution in [0.5, 0.6) is 0 Å². The van der Waals surface area contributed by atoms with Crippen LogP contribution in [-0.4, -0.2) is 28.5 Å². The lowest BCUT2D eigenvalue weighted by Gasteiger charge is -2.12. The van der Waals surface area contributed by atoms with Crippen molar-refractivity contribution in [1.29, 1.82) is 0 Å². The van der Waals surface area contributed by atoms with E-state index in [9.17, 15) is 4.79 Å². The van der Waals surface area contributed by atoms with Gasteiger partial charge in [-0.1, -0.05) is 24.3 Å². The zero-order valence-electron chi connectivity index (χ0n) is 14.0. The number of nitrogens with zero attached hydrogens (tertiary/aromatic N) is 3. The second-order valence-corrected chi connectivity index (χ2v) is 6.18. The molecule has 0 radical (unpaired) electrons. The van der Waals surface area contributed by atoms with E-state index in [4.69, 9.17) is 0 Å². The maximum Gasteiger partial charge on any atom is 0.250 e. The summed E-state index contributed by atoms with van der Waals surface area (Å²) in [7, 11) is 4.10. The van der Waals surface area contributed by atoms with Gasteiger partial charge in [0.25, 0.3) is 5.56 Å². The summed E-state index contributed by atoms with van der Waals surface area (Å²) in [6, 6.07) is 15.8. The molecule has 0 spiro atoms. The summed E-state index contributed by atoms with van der Waals surface area (Å²) in [6.45, 7) is 1.46. The van der Waals surface area contributed by atoms with Crippen LogP contribution in [0.4, 0.5) is 0 Å². The van der Waals surface area contributed by atoms with E-state index in [0.717, 1.165) is 23.2 Å². The molecule has 2 aromatic heterocycles. The van der Waals surface area contributed by atoms with E-state index < -0.39 is 0 Å². The van der Waals surface area contributed by atoms with Crippen LogP contribution < -0.4 is 5.56 Å². The van der Waals surface area contributed by atoms with E-state index in [1.807, 2.05) is 30.5 Å². The van der Waals surface area contributed by atoms with Crippen molar-refractivity contribution in [3.8, 4) is 11.1 Å². The lowest BCUT2D eigenvalue weighted by Crippen LogP contribution is -2.19. The number of hydrogen-bond donors (Lipinski definition) is 0. The minimum absolute atomic E-state index is 0.00539. The zero-order valence-corrected chi connectivity index (χ0v) is 14.0. The number of pyridine rings is 2. The molecule has 3 aromatic rings. The van der Waals surface area contributed by atoms with Crippen LogP contribution in [0, 0.1) is 0 Å². The summed E-state index contributed by atoms with van der Waals surface area (Å²) in [4.78, 5) is 18.4. The smallest absolute Gasteiger partial charge is 0.250 e. The van der Waals surface area contributed by atoms with Gasteiger partial charge in [-0.05, 0) is 54.5 Å². The molecule has 0 aliphatic carbocycles. The Labute approximate surface area is 142 Å². The third-order valence-electron chi connectivity index (χ3n) is 3.84. The number of rotatable bonds is 5. The molecule has 0 bridgehead atoms. The molecule has 24 heavy (non-hydrogen) atoms. The van der Waals surface area contributed by atoms with Gasteiger partial charge in [-0.15, -0.1) is 0 Å². The molecule has 0 amide bonds. The summed E-state index contributed by atoms with van der Waals surface area (Å²) < 4.78 is 1.75. The topological polar surface area (TPSA) is 38.1 Å². The van der Waals surface area contributed by atoms with E-state index in [1.54, 1.807) is 23.0 Å². The van der Waals surface area contributed by atoms with Crippen LogP contribution in [0.3, 0.4) is 0 Å². The quantitative estimate of drug-likeness (QED) is 0.725. The molecular formula is C20H21N3O. The SMILES string of the molecule is CN(C)Cc1cccc(Cn2cc(-c3ccncc3)ccc2=O)c1. The Morgan fingerprint density at radius 3 is 2.46 bits per heavy atom. The highest BCUT2D eigenvalue weighted by Crippen LogP contribution is 2.17. The van der Waals surface area contributed by atoms with Crippen LogP contribution in [-0.2, 0) is 13.1 Å². The molecule has 2 heterocycles. The van der Waals surface area contributed by atoms with Crippen molar-refractivity contribution >= 4 is 0 Å². The molecule has 0 aliphatic rings. The number of hydrogen-bond acceptors (Lipinski definition) is 3. The van der Waals surface area contributed by atoms with Gasteiger partial charge in [0.2, 0.25) is 0 Å². The molecule has 0 fully saturated rings. The van der Waals surface area contributed by atoms with E-state index >= 15 is 0 Å². The van der Waals surface area contributed by atoms with Crippen molar-refractivity contribution in [2.24, 2.45) is 0 Å². The van der Waals surface area contributed by atoms with E-state index in [2.05, 4.69) is 42.2 Å². The fraction of sp³-hybridized carbons (Fsp3) is 0.200. The van der Waals surface area contributed by atoms with Crippen LogP contribution in [0.25, 0.3) is 11.1 Å². The molecule has 0 unspecified atom stereocenters. The monoisotopic (exact) mass is 319 g/mol. The predicted molar refractivity (Wildman–Crippen MR) is 96.9 cm³/mol. The van der Waals surface area contributed by atoms with Crippen molar-refractivity contribution in [1.82, 2.24) is 14.5 Å². The summed E-state index contributed by atoms with van der Waals surface area (Å²) in [6.07, 6.45) is 5.43. The first-order valence-electron chi connectivity index (χ1n) is 7.95. The van der Waals surface area contributed by atoms with Gasteiger partial charge in [0.1, 0.15) is 0 Å². The van der Waals surface area contributed by atoms with E-state index in [0.29, 0.717) is 6.54 Å². The van der Waals surface area contributed by atoms with Gasteiger partial charge in [-0.2, -0.15) is 0 Å². The normalized spacial score (nSPS) is 11.0. The Bertz CT molecular complexity index is 869. The number of benzene rings is 1. The van der Waals surface area contributed by atoms with Gasteiger partial charge in [-0.3, -0.25) is 9.78 Å². The van der Waals surface area contributed by atoms with E-state index in [1.165, 1.54) is 5.56 Å². The van der Waals surface area contributed by atoms with Crippen LogP contribution in [0.15, 0.2) is 71.9 Å². The highest BCUT2D eigenvalue weighted by atomic mass is 16.1. The molecule has 0 saturated carbocycles. The first-order valence-corrected chi connectivity index (χ1v) is 7.95. The lowest BCUT2D eigenvalue weighted by molar-refractivity contribution is 0.402. The standard InChI is InChI=1S/C20H21N3O/c1-22(2)13-16-4-3-5-17(12-16)14-23-15-19(6-7-20(23)24)18-8-10-21-11-9-18/h3-12,15H,13-14H2,1-2H3. The largest absolute Gasteiger partial charge is 0.310 e. The summed E-state index contributed by atoms with van der Waals surface area (Å²) in [5.41, 5.74) is 4.45. The van der Waals surface area contributed by atoms with Crippen LogP contribution >= 0.6 is 0 Å². The fourth-order valence-electron chi connectivity index (χ4n) is 2.76. The Hall–Kier alpha value is -2.72. The van der Waals surface area contributed by atoms with Gasteiger partial charge in [0.15, 0.2) is 0 Å². The first-order chi connectivity index (χ1) is 11.6. The molecule has 1 aromatic carbocycles. The molecular weight excluding hydrogens is 298 g/mol. The Morgan fingerprint density at radius 1 is 0.958 bits per heavy atom. The minimum Gasteiger partial charge on any atom is -0.310 e. The molecule has 3 rings (SSSR count). The highest BCUT2D eigenvalue weighted by Gasteiger charge is 2.04. The maximum absolute atomic E-state index is 12.2. The van der Waals surface area contributed by atoms with Gasteiger partial charge in [0.05, 0.1) is 6.54 Å². The Kier molecular flexibility index (Phi) is 4.87. The van der Waals surface area contributed by atoms with Gasteiger partial charge in [0, 0.05) is 31.2 Å². The molecule has 0 atom stereocenters. The third kappa shape index (κ3) is 3.97.